The van der Waals surface area contributed by atoms with Gasteiger partial charge in [-0.1, -0.05) is 29.7 Å². The van der Waals surface area contributed by atoms with Gasteiger partial charge in [0.2, 0.25) is 5.52 Å². The molecule has 1 aromatic carbocycles. The summed E-state index contributed by atoms with van der Waals surface area (Å²) < 4.78 is 11.0. The fraction of sp³-hybridized carbons (Fsp3) is 0. The maximum Gasteiger partial charge on any atom is 0.200 e. The number of hydrogen-bond acceptors (Lipinski definition) is 2. The molecule has 6 heteroatoms. The maximum atomic E-state index is 11.3. The zero-order valence-electron chi connectivity index (χ0n) is 6.81. The van der Waals surface area contributed by atoms with Crippen molar-refractivity contribution in [2.45, 2.75) is 0 Å². The minimum absolute atomic E-state index is 0.107. The molecule has 1 rings (SSSR count). The van der Waals surface area contributed by atoms with Gasteiger partial charge in [0.1, 0.15) is 7.85 Å². The van der Waals surface area contributed by atoms with Gasteiger partial charge in [0.05, 0.1) is 6.90 Å². The summed E-state index contributed by atoms with van der Waals surface area (Å²) in [6, 6.07) is 6.20. The lowest BCUT2D eigenvalue weighted by Gasteiger charge is -2.08. The molecule has 0 saturated heterocycles. The summed E-state index contributed by atoms with van der Waals surface area (Å²) in [5.41, 5.74) is -0.468. The summed E-state index contributed by atoms with van der Waals surface area (Å²) in [5.74, 6) is 0. The largest absolute Gasteiger partial charge is 0.338 e. The second-order valence-corrected chi connectivity index (χ2v) is 4.43. The van der Waals surface area contributed by atoms with Crippen molar-refractivity contribution >= 4 is 40.9 Å². The fourth-order valence-electron chi connectivity index (χ4n) is 0.880. The lowest BCUT2D eigenvalue weighted by Crippen LogP contribution is -2.15. The van der Waals surface area contributed by atoms with Crippen LogP contribution in [0.25, 0.3) is 0 Å². The summed E-state index contributed by atoms with van der Waals surface area (Å²) in [6.45, 7) is -3.72. The van der Waals surface area contributed by atoms with Crippen LogP contribution in [0.5, 0.6) is 0 Å². The first-order valence-corrected chi connectivity index (χ1v) is 5.34. The van der Waals surface area contributed by atoms with Crippen LogP contribution in [-0.4, -0.2) is 28.5 Å². The molecule has 0 heterocycles. The molecule has 0 aromatic heterocycles. The number of benzene rings is 1. The molecule has 13 heavy (non-hydrogen) atoms. The molecule has 0 N–H and O–H groups in total. The monoisotopic (exact) mass is 184 g/mol. The third-order valence-corrected chi connectivity index (χ3v) is 2.38. The van der Waals surface area contributed by atoms with E-state index in [1.807, 2.05) is 0 Å². The summed E-state index contributed by atoms with van der Waals surface area (Å²) >= 11 is 0. The van der Waals surface area contributed by atoms with Gasteiger partial charge in [0.15, 0.2) is 15.1 Å². The highest BCUT2D eigenvalue weighted by Gasteiger charge is 2.20. The molecule has 0 aliphatic carbocycles. The molecule has 0 fully saturated rings. The zero-order valence-corrected chi connectivity index (χ0v) is 7.70. The van der Waals surface area contributed by atoms with Gasteiger partial charge in [-0.2, -0.15) is 0 Å². The Bertz CT molecular complexity index is 385. The highest BCUT2D eigenvalue weighted by molar-refractivity contribution is 8.17. The van der Waals surface area contributed by atoms with Gasteiger partial charge in [-0.25, -0.2) is 0 Å². The number of hydrogen-bond donors (Lipinski definition) is 0. The molecule has 0 amide bonds. The molecule has 0 spiro atoms. The van der Waals surface area contributed by atoms with Crippen molar-refractivity contribution in [2.24, 2.45) is 0 Å². The molecule has 2 nitrogen and oxygen atoms in total. The number of carbonyl (C=O) groups is 1. The van der Waals surface area contributed by atoms with Crippen molar-refractivity contribution in [1.82, 2.24) is 0 Å². The van der Waals surface area contributed by atoms with Gasteiger partial charge in [0, 0.05) is 5.56 Å². The van der Waals surface area contributed by atoms with E-state index in [9.17, 15) is 9.36 Å². The second kappa shape index (κ2) is 3.59. The van der Waals surface area contributed by atoms with E-state index >= 15 is 0 Å². The maximum absolute atomic E-state index is 11.3. The Morgan fingerprint density at radius 1 is 1.23 bits per heavy atom. The van der Waals surface area contributed by atoms with Gasteiger partial charge < -0.3 is 4.57 Å². The molecule has 58 valence electrons. The SMILES string of the molecule is [B]c1ccccc1C(=O)P([B])([B])=O. The van der Waals surface area contributed by atoms with Crippen LogP contribution in [0.15, 0.2) is 24.3 Å². The minimum atomic E-state index is -3.72. The molecule has 6 radical (unpaired) electrons. The van der Waals surface area contributed by atoms with Crippen molar-refractivity contribution in [1.29, 1.82) is 0 Å². The van der Waals surface area contributed by atoms with Crippen molar-refractivity contribution < 1.29 is 9.36 Å². The molecule has 0 saturated carbocycles. The highest BCUT2D eigenvalue weighted by atomic mass is 31.2. The summed E-state index contributed by atoms with van der Waals surface area (Å²) in [5, 5.41) is 0. The summed E-state index contributed by atoms with van der Waals surface area (Å²) in [4.78, 5) is 11.3. The Morgan fingerprint density at radius 3 is 2.23 bits per heavy atom. The van der Waals surface area contributed by atoms with E-state index in [1.54, 1.807) is 12.1 Å². The van der Waals surface area contributed by atoms with E-state index in [1.165, 1.54) is 12.1 Å². The quantitative estimate of drug-likeness (QED) is 0.483. The summed E-state index contributed by atoms with van der Waals surface area (Å²) in [6.07, 6.45) is 0. The average molecular weight is 184 g/mol. The van der Waals surface area contributed by atoms with Crippen molar-refractivity contribution in [3.8, 4) is 0 Å². The molecule has 0 atom stereocenters. The third-order valence-electron chi connectivity index (χ3n) is 1.51. The van der Waals surface area contributed by atoms with Gasteiger partial charge in [-0.3, -0.25) is 4.79 Å². The van der Waals surface area contributed by atoms with Crippen LogP contribution in [0.1, 0.15) is 10.4 Å². The highest BCUT2D eigenvalue weighted by Crippen LogP contribution is 2.36. The van der Waals surface area contributed by atoms with Crippen LogP contribution < -0.4 is 5.46 Å². The molecule has 0 bridgehead atoms. The predicted molar refractivity (Wildman–Crippen MR) is 55.3 cm³/mol. The molecular formula is C7H4B3O2P. The van der Waals surface area contributed by atoms with Crippen molar-refractivity contribution in [2.75, 3.05) is 0 Å². The van der Waals surface area contributed by atoms with Crippen LogP contribution >= 0.6 is 6.90 Å². The van der Waals surface area contributed by atoms with Crippen LogP contribution in [-0.2, 0) is 4.57 Å². The Balaban J connectivity index is 3.18. The van der Waals surface area contributed by atoms with E-state index in [0.717, 1.165) is 0 Å². The van der Waals surface area contributed by atoms with Gasteiger partial charge >= 0.3 is 0 Å². The van der Waals surface area contributed by atoms with Crippen LogP contribution in [0.4, 0.5) is 0 Å². The Labute approximate surface area is 80.6 Å². The van der Waals surface area contributed by atoms with Gasteiger partial charge in [0.25, 0.3) is 0 Å². The molecule has 1 aromatic rings. The zero-order chi connectivity index (χ0) is 10.1. The fourth-order valence-corrected chi connectivity index (χ4v) is 1.46. The van der Waals surface area contributed by atoms with E-state index in [2.05, 4.69) is 0 Å². The normalized spacial score (nSPS) is 11.1. The predicted octanol–water partition coefficient (Wildman–Crippen LogP) is 0.151. The molecular weight excluding hydrogens is 179 g/mol. The van der Waals surface area contributed by atoms with E-state index in [4.69, 9.17) is 23.0 Å². The first-order chi connectivity index (χ1) is 5.93. The molecule has 0 unspecified atom stereocenters. The lowest BCUT2D eigenvalue weighted by molar-refractivity contribution is 0.108. The van der Waals surface area contributed by atoms with Crippen LogP contribution in [0.3, 0.4) is 0 Å². The van der Waals surface area contributed by atoms with E-state index in [-0.39, 0.29) is 11.0 Å². The Kier molecular flexibility index (Phi) is 2.87. The van der Waals surface area contributed by atoms with Gasteiger partial charge in [-0.05, 0) is 0 Å². The first kappa shape index (κ1) is 10.4. The van der Waals surface area contributed by atoms with Crippen LogP contribution in [0.2, 0.25) is 0 Å². The number of rotatable bonds is 2. The molecule has 0 aliphatic heterocycles. The first-order valence-electron chi connectivity index (χ1n) is 3.49. The Hall–Kier alpha value is -0.685. The minimum Gasteiger partial charge on any atom is -0.338 e. The smallest absolute Gasteiger partial charge is 0.200 e. The third kappa shape index (κ3) is 2.38. The van der Waals surface area contributed by atoms with Gasteiger partial charge in [-0.15, -0.1) is 0 Å². The number of carbonyl (C=O) groups excluding carboxylic acids is 1. The summed E-state index contributed by atoms with van der Waals surface area (Å²) in [7, 11) is 15.5. The topological polar surface area (TPSA) is 34.1 Å². The lowest BCUT2D eigenvalue weighted by atomic mass is 9.91. The van der Waals surface area contributed by atoms with E-state index < -0.39 is 12.4 Å². The van der Waals surface area contributed by atoms with Crippen molar-refractivity contribution in [3.63, 3.8) is 0 Å². The Morgan fingerprint density at radius 2 is 1.77 bits per heavy atom. The van der Waals surface area contributed by atoms with E-state index in [0.29, 0.717) is 0 Å². The van der Waals surface area contributed by atoms with Crippen molar-refractivity contribution in [3.05, 3.63) is 29.8 Å². The molecule has 0 aliphatic rings. The van der Waals surface area contributed by atoms with Crippen LogP contribution in [0, 0.1) is 0 Å². The average Bonchev–Trinajstić information content (AvgIpc) is 2.02. The second-order valence-electron chi connectivity index (χ2n) is 2.60. The standard InChI is InChI=1S/C7H4B3O2P/c8-6-4-2-1-3-5(6)7(11)13(9,10)12/h1-4H.